The summed E-state index contributed by atoms with van der Waals surface area (Å²) in [5.41, 5.74) is 2.34. The predicted molar refractivity (Wildman–Crippen MR) is 82.7 cm³/mol. The molecule has 2 amide bonds. The molecule has 0 saturated heterocycles. The minimum atomic E-state index is -0.261. The molecular weight excluding hydrogens is 282 g/mol. The van der Waals surface area contributed by atoms with Crippen molar-refractivity contribution >= 4 is 6.03 Å². The Kier molecular flexibility index (Phi) is 5.41. The summed E-state index contributed by atoms with van der Waals surface area (Å²) < 4.78 is 9.89. The molecule has 0 bridgehead atoms. The zero-order valence-corrected chi connectivity index (χ0v) is 13.1. The zero-order valence-electron chi connectivity index (χ0n) is 13.1. The Morgan fingerprint density at radius 2 is 1.91 bits per heavy atom. The zero-order chi connectivity index (χ0) is 15.9. The van der Waals surface area contributed by atoms with Crippen molar-refractivity contribution in [1.29, 1.82) is 0 Å². The number of aromatic nitrogens is 1. The highest BCUT2D eigenvalue weighted by Crippen LogP contribution is 2.14. The van der Waals surface area contributed by atoms with Crippen LogP contribution in [0.5, 0.6) is 5.88 Å². The van der Waals surface area contributed by atoms with Crippen molar-refractivity contribution in [2.24, 2.45) is 0 Å². The Morgan fingerprint density at radius 1 is 1.23 bits per heavy atom. The second-order valence-electron chi connectivity index (χ2n) is 5.27. The largest absolute Gasteiger partial charge is 0.479 e. The molecule has 0 radical (unpaired) electrons. The topological polar surface area (TPSA) is 76.4 Å². The monoisotopic (exact) mass is 303 g/mol. The summed E-state index contributed by atoms with van der Waals surface area (Å²) in [7, 11) is 1.51. The Balaban J connectivity index is 1.75. The Morgan fingerprint density at radius 3 is 2.50 bits per heavy atom. The molecule has 118 valence electrons. The molecule has 6 nitrogen and oxygen atoms in total. The lowest BCUT2D eigenvalue weighted by Crippen LogP contribution is -2.34. The van der Waals surface area contributed by atoms with Crippen molar-refractivity contribution in [3.8, 4) is 5.88 Å². The Labute approximate surface area is 129 Å². The summed E-state index contributed by atoms with van der Waals surface area (Å²) in [6, 6.07) is 9.59. The van der Waals surface area contributed by atoms with Crippen molar-refractivity contribution in [3.05, 3.63) is 47.2 Å². The number of hydrogen-bond donors (Lipinski definition) is 2. The van der Waals surface area contributed by atoms with Gasteiger partial charge in [-0.05, 0) is 22.2 Å². The molecule has 2 aromatic rings. The van der Waals surface area contributed by atoms with Crippen LogP contribution in [0, 0.1) is 0 Å². The number of urea groups is 1. The first-order valence-electron chi connectivity index (χ1n) is 7.18. The molecule has 2 rings (SSSR count). The van der Waals surface area contributed by atoms with E-state index in [-0.39, 0.29) is 12.6 Å². The van der Waals surface area contributed by atoms with Gasteiger partial charge in [-0.3, -0.25) is 0 Å². The second kappa shape index (κ2) is 7.49. The first-order valence-corrected chi connectivity index (χ1v) is 7.18. The number of benzene rings is 1. The fraction of sp³-hybridized carbons (Fsp3) is 0.375. The Hall–Kier alpha value is -2.50. The first kappa shape index (κ1) is 15.9. The number of nitrogens with one attached hydrogen (secondary N) is 2. The lowest BCUT2D eigenvalue weighted by atomic mass is 10.0. The van der Waals surface area contributed by atoms with Gasteiger partial charge in [-0.2, -0.15) is 0 Å². The van der Waals surface area contributed by atoms with Crippen LogP contribution in [-0.2, 0) is 13.1 Å². The van der Waals surface area contributed by atoms with Crippen LogP contribution in [0.25, 0.3) is 0 Å². The van der Waals surface area contributed by atoms with Crippen LogP contribution in [0.4, 0.5) is 4.79 Å². The molecular formula is C16H21N3O3. The number of methoxy groups -OCH3 is 1. The van der Waals surface area contributed by atoms with E-state index in [0.29, 0.717) is 24.1 Å². The van der Waals surface area contributed by atoms with E-state index in [9.17, 15) is 4.79 Å². The summed E-state index contributed by atoms with van der Waals surface area (Å²) >= 11 is 0. The Bertz CT molecular complexity index is 605. The molecule has 0 aliphatic heterocycles. The van der Waals surface area contributed by atoms with Gasteiger partial charge < -0.3 is 19.9 Å². The smallest absolute Gasteiger partial charge is 0.315 e. The molecule has 22 heavy (non-hydrogen) atoms. The third kappa shape index (κ3) is 4.51. The molecule has 0 spiro atoms. The van der Waals surface area contributed by atoms with Gasteiger partial charge in [0.05, 0.1) is 13.7 Å². The van der Waals surface area contributed by atoms with Crippen molar-refractivity contribution in [2.75, 3.05) is 7.11 Å². The van der Waals surface area contributed by atoms with Gasteiger partial charge in [0.1, 0.15) is 0 Å². The van der Waals surface area contributed by atoms with E-state index in [1.54, 1.807) is 6.07 Å². The summed E-state index contributed by atoms with van der Waals surface area (Å²) in [4.78, 5) is 11.7. The molecule has 2 N–H and O–H groups in total. The third-order valence-electron chi connectivity index (χ3n) is 3.27. The summed E-state index contributed by atoms with van der Waals surface area (Å²) in [6.07, 6.45) is 0. The van der Waals surface area contributed by atoms with E-state index < -0.39 is 0 Å². The fourth-order valence-corrected chi connectivity index (χ4v) is 1.91. The highest BCUT2D eigenvalue weighted by Gasteiger charge is 2.06. The average Bonchev–Trinajstić information content (AvgIpc) is 2.99. The van der Waals surface area contributed by atoms with Gasteiger partial charge >= 0.3 is 6.03 Å². The van der Waals surface area contributed by atoms with Gasteiger partial charge in [-0.1, -0.05) is 38.1 Å². The molecule has 6 heteroatoms. The maximum absolute atomic E-state index is 11.7. The van der Waals surface area contributed by atoms with Gasteiger partial charge in [-0.15, -0.1) is 0 Å². The number of rotatable bonds is 6. The van der Waals surface area contributed by atoms with E-state index in [0.717, 1.165) is 5.56 Å². The highest BCUT2D eigenvalue weighted by atomic mass is 16.5. The lowest BCUT2D eigenvalue weighted by Gasteiger charge is -2.08. The molecule has 0 saturated carbocycles. The van der Waals surface area contributed by atoms with Crippen LogP contribution in [-0.4, -0.2) is 18.3 Å². The number of amides is 2. The van der Waals surface area contributed by atoms with E-state index >= 15 is 0 Å². The summed E-state index contributed by atoms with van der Waals surface area (Å²) in [6.45, 7) is 5.04. The van der Waals surface area contributed by atoms with Crippen molar-refractivity contribution in [3.63, 3.8) is 0 Å². The van der Waals surface area contributed by atoms with Crippen LogP contribution in [0.1, 0.15) is 36.7 Å². The van der Waals surface area contributed by atoms with E-state index in [1.807, 2.05) is 12.1 Å². The molecule has 1 aromatic heterocycles. The van der Waals surface area contributed by atoms with Crippen LogP contribution < -0.4 is 15.4 Å². The lowest BCUT2D eigenvalue weighted by molar-refractivity contribution is 0.238. The van der Waals surface area contributed by atoms with E-state index in [4.69, 9.17) is 9.26 Å². The number of ether oxygens (including phenoxy) is 1. The van der Waals surface area contributed by atoms with Crippen LogP contribution >= 0.6 is 0 Å². The van der Waals surface area contributed by atoms with Gasteiger partial charge in [0, 0.05) is 12.6 Å². The first-order chi connectivity index (χ1) is 10.6. The SMILES string of the molecule is COc1cc(CNC(=O)NCc2ccc(C(C)C)cc2)on1. The van der Waals surface area contributed by atoms with Crippen LogP contribution in [0.15, 0.2) is 34.9 Å². The van der Waals surface area contributed by atoms with Crippen LogP contribution in [0.2, 0.25) is 0 Å². The fourth-order valence-electron chi connectivity index (χ4n) is 1.91. The molecule has 1 aromatic carbocycles. The van der Waals surface area contributed by atoms with Crippen molar-refractivity contribution in [2.45, 2.75) is 32.9 Å². The number of nitrogens with zero attached hydrogens (tertiary/aromatic N) is 1. The molecule has 0 atom stereocenters. The van der Waals surface area contributed by atoms with E-state index in [2.05, 4.69) is 41.8 Å². The van der Waals surface area contributed by atoms with Gasteiger partial charge in [0.25, 0.3) is 5.88 Å². The minimum absolute atomic E-state index is 0.258. The standard InChI is InChI=1S/C16H21N3O3/c1-11(2)13-6-4-12(5-7-13)9-17-16(20)18-10-14-8-15(21-3)19-22-14/h4-8,11H,9-10H2,1-3H3,(H2,17,18,20). The maximum atomic E-state index is 11.7. The van der Waals surface area contributed by atoms with Gasteiger partial charge in [0.2, 0.25) is 0 Å². The average molecular weight is 303 g/mol. The molecule has 1 heterocycles. The van der Waals surface area contributed by atoms with E-state index in [1.165, 1.54) is 12.7 Å². The van der Waals surface area contributed by atoms with Crippen LogP contribution in [0.3, 0.4) is 0 Å². The normalized spacial score (nSPS) is 10.5. The quantitative estimate of drug-likeness (QED) is 0.860. The van der Waals surface area contributed by atoms with Crippen molar-refractivity contribution in [1.82, 2.24) is 15.8 Å². The number of hydrogen-bond acceptors (Lipinski definition) is 4. The minimum Gasteiger partial charge on any atom is -0.479 e. The summed E-state index contributed by atoms with van der Waals surface area (Å²) in [5.74, 6) is 1.43. The number of carbonyl (C=O) groups excluding carboxylic acids is 1. The predicted octanol–water partition coefficient (Wildman–Crippen LogP) is 2.81. The van der Waals surface area contributed by atoms with Gasteiger partial charge in [0.15, 0.2) is 5.76 Å². The van der Waals surface area contributed by atoms with Crippen molar-refractivity contribution < 1.29 is 14.1 Å². The second-order valence-corrected chi connectivity index (χ2v) is 5.27. The molecule has 0 aliphatic carbocycles. The van der Waals surface area contributed by atoms with Gasteiger partial charge in [-0.25, -0.2) is 4.79 Å². The molecule has 0 aliphatic rings. The maximum Gasteiger partial charge on any atom is 0.315 e. The molecule has 0 unspecified atom stereocenters. The number of carbonyl (C=O) groups is 1. The summed E-state index contributed by atoms with van der Waals surface area (Å²) in [5, 5.41) is 9.15. The third-order valence-corrected chi connectivity index (χ3v) is 3.27. The molecule has 0 fully saturated rings. The highest BCUT2D eigenvalue weighted by molar-refractivity contribution is 5.73.